The molecule has 0 radical (unpaired) electrons. The number of rotatable bonds is 3. The summed E-state index contributed by atoms with van der Waals surface area (Å²) < 4.78 is 0. The average molecular weight is 252 g/mol. The summed E-state index contributed by atoms with van der Waals surface area (Å²) in [6.07, 6.45) is 8.32. The van der Waals surface area contributed by atoms with E-state index in [1.54, 1.807) is 0 Å². The highest BCUT2D eigenvalue weighted by Crippen LogP contribution is 2.17. The molecule has 5 nitrogen and oxygen atoms in total. The molecule has 0 aromatic rings. The monoisotopic (exact) mass is 252 g/mol. The molecule has 1 saturated carbocycles. The van der Waals surface area contributed by atoms with Crippen LogP contribution >= 0.6 is 0 Å². The van der Waals surface area contributed by atoms with Crippen LogP contribution < -0.4 is 11.1 Å². The molecule has 2 rings (SSSR count). The third kappa shape index (κ3) is 3.89. The lowest BCUT2D eigenvalue weighted by molar-refractivity contribution is -0.130. The van der Waals surface area contributed by atoms with Crippen LogP contribution in [-0.2, 0) is 4.79 Å². The second-order valence-electron chi connectivity index (χ2n) is 5.27. The fourth-order valence-corrected chi connectivity index (χ4v) is 2.72. The van der Waals surface area contributed by atoms with Crippen LogP contribution in [-0.4, -0.2) is 42.4 Å². The van der Waals surface area contributed by atoms with Crippen molar-refractivity contribution in [3.05, 3.63) is 0 Å². The third-order valence-electron chi connectivity index (χ3n) is 3.80. The van der Waals surface area contributed by atoms with E-state index in [2.05, 4.69) is 10.3 Å². The first kappa shape index (κ1) is 13.2. The van der Waals surface area contributed by atoms with Crippen LogP contribution in [0.3, 0.4) is 0 Å². The van der Waals surface area contributed by atoms with Gasteiger partial charge in [0.05, 0.1) is 0 Å². The first-order chi connectivity index (χ1) is 8.75. The van der Waals surface area contributed by atoms with Gasteiger partial charge in [-0.05, 0) is 32.1 Å². The largest absolute Gasteiger partial charge is 0.370 e. The van der Waals surface area contributed by atoms with Gasteiger partial charge >= 0.3 is 0 Å². The van der Waals surface area contributed by atoms with Crippen LogP contribution in [0.15, 0.2) is 4.99 Å². The summed E-state index contributed by atoms with van der Waals surface area (Å²) in [5.41, 5.74) is 5.80. The Labute approximate surface area is 109 Å². The fourth-order valence-electron chi connectivity index (χ4n) is 2.72. The van der Waals surface area contributed by atoms with Gasteiger partial charge in [0, 0.05) is 19.1 Å². The zero-order valence-electron chi connectivity index (χ0n) is 11.0. The Kier molecular flexibility index (Phi) is 4.84. The third-order valence-corrected chi connectivity index (χ3v) is 3.80. The van der Waals surface area contributed by atoms with Gasteiger partial charge in [0.15, 0.2) is 5.96 Å². The van der Waals surface area contributed by atoms with E-state index in [0.717, 1.165) is 38.8 Å². The zero-order valence-corrected chi connectivity index (χ0v) is 11.0. The standard InChI is InChI=1S/C13H24N4O/c14-13(16-11-6-2-3-7-11)15-10-12(18)17-8-4-1-5-9-17/h11H,1-10H2,(H3,14,15,16). The van der Waals surface area contributed by atoms with E-state index in [4.69, 9.17) is 5.73 Å². The molecule has 1 heterocycles. The minimum Gasteiger partial charge on any atom is -0.370 e. The average Bonchev–Trinajstić information content (AvgIpc) is 2.90. The number of nitrogens with one attached hydrogen (secondary N) is 1. The number of nitrogens with two attached hydrogens (primary N) is 1. The van der Waals surface area contributed by atoms with Crippen molar-refractivity contribution >= 4 is 11.9 Å². The number of aliphatic imine (C=N–C) groups is 1. The molecule has 1 amide bonds. The topological polar surface area (TPSA) is 70.7 Å². The van der Waals surface area contributed by atoms with Crippen LogP contribution in [0.5, 0.6) is 0 Å². The summed E-state index contributed by atoms with van der Waals surface area (Å²) in [6.45, 7) is 1.94. The Bertz CT molecular complexity index is 304. The molecule has 2 aliphatic rings. The van der Waals surface area contributed by atoms with Gasteiger partial charge in [0.25, 0.3) is 0 Å². The molecule has 0 aromatic carbocycles. The highest BCUT2D eigenvalue weighted by Gasteiger charge is 2.17. The Morgan fingerprint density at radius 2 is 1.83 bits per heavy atom. The van der Waals surface area contributed by atoms with Crippen molar-refractivity contribution in [2.75, 3.05) is 19.6 Å². The number of carbonyl (C=O) groups is 1. The second kappa shape index (κ2) is 6.61. The molecule has 18 heavy (non-hydrogen) atoms. The smallest absolute Gasteiger partial charge is 0.244 e. The first-order valence-corrected chi connectivity index (χ1v) is 7.10. The molecule has 2 fully saturated rings. The summed E-state index contributed by atoms with van der Waals surface area (Å²) in [4.78, 5) is 17.9. The van der Waals surface area contributed by atoms with Crippen LogP contribution in [0.1, 0.15) is 44.9 Å². The Morgan fingerprint density at radius 1 is 1.17 bits per heavy atom. The summed E-state index contributed by atoms with van der Waals surface area (Å²) in [6, 6.07) is 0.457. The molecule has 1 aliphatic heterocycles. The Morgan fingerprint density at radius 3 is 2.50 bits per heavy atom. The van der Waals surface area contributed by atoms with Crippen LogP contribution in [0, 0.1) is 0 Å². The molecule has 1 aliphatic carbocycles. The lowest BCUT2D eigenvalue weighted by atomic mass is 10.1. The van der Waals surface area contributed by atoms with E-state index in [9.17, 15) is 4.79 Å². The number of hydrogen-bond donors (Lipinski definition) is 2. The predicted molar refractivity (Wildman–Crippen MR) is 72.3 cm³/mol. The summed E-state index contributed by atoms with van der Waals surface area (Å²) in [5.74, 6) is 0.526. The van der Waals surface area contributed by atoms with Gasteiger partial charge in [-0.1, -0.05) is 12.8 Å². The van der Waals surface area contributed by atoms with Crippen molar-refractivity contribution in [3.63, 3.8) is 0 Å². The van der Waals surface area contributed by atoms with Gasteiger partial charge in [-0.15, -0.1) is 0 Å². The lowest BCUT2D eigenvalue weighted by Gasteiger charge is -2.26. The lowest BCUT2D eigenvalue weighted by Crippen LogP contribution is -2.41. The molecular formula is C13H24N4O. The SMILES string of the molecule is NC(=NCC(=O)N1CCCCC1)NC1CCCC1. The summed E-state index contributed by atoms with van der Waals surface area (Å²) >= 11 is 0. The van der Waals surface area contributed by atoms with E-state index in [0.29, 0.717) is 12.0 Å². The minimum atomic E-state index is 0.103. The van der Waals surface area contributed by atoms with Crippen molar-refractivity contribution in [1.82, 2.24) is 10.2 Å². The van der Waals surface area contributed by atoms with Crippen LogP contribution in [0.4, 0.5) is 0 Å². The first-order valence-electron chi connectivity index (χ1n) is 7.10. The van der Waals surface area contributed by atoms with Gasteiger partial charge in [-0.3, -0.25) is 4.79 Å². The molecule has 0 unspecified atom stereocenters. The number of likely N-dealkylation sites (tertiary alicyclic amines) is 1. The maximum atomic E-state index is 11.9. The van der Waals surface area contributed by atoms with Crippen molar-refractivity contribution in [2.45, 2.75) is 51.0 Å². The van der Waals surface area contributed by atoms with E-state index in [1.807, 2.05) is 4.90 Å². The van der Waals surface area contributed by atoms with Crippen molar-refractivity contribution in [2.24, 2.45) is 10.7 Å². The number of amides is 1. The molecular weight excluding hydrogens is 228 g/mol. The summed E-state index contributed by atoms with van der Waals surface area (Å²) in [7, 11) is 0. The van der Waals surface area contributed by atoms with E-state index in [1.165, 1.54) is 19.3 Å². The van der Waals surface area contributed by atoms with Gasteiger partial charge < -0.3 is 16.0 Å². The van der Waals surface area contributed by atoms with Crippen LogP contribution in [0.25, 0.3) is 0 Å². The van der Waals surface area contributed by atoms with Gasteiger partial charge in [-0.25, -0.2) is 4.99 Å². The van der Waals surface area contributed by atoms with Gasteiger partial charge in [-0.2, -0.15) is 0 Å². The zero-order chi connectivity index (χ0) is 12.8. The predicted octanol–water partition coefficient (Wildman–Crippen LogP) is 0.846. The minimum absolute atomic E-state index is 0.103. The number of hydrogen-bond acceptors (Lipinski definition) is 2. The van der Waals surface area contributed by atoms with Crippen molar-refractivity contribution < 1.29 is 4.79 Å². The van der Waals surface area contributed by atoms with Crippen LogP contribution in [0.2, 0.25) is 0 Å². The van der Waals surface area contributed by atoms with Crippen molar-refractivity contribution in [1.29, 1.82) is 0 Å². The molecule has 0 aromatic heterocycles. The molecule has 1 saturated heterocycles. The molecule has 5 heteroatoms. The molecule has 0 bridgehead atoms. The number of nitrogens with zero attached hydrogens (tertiary/aromatic N) is 2. The maximum Gasteiger partial charge on any atom is 0.244 e. The van der Waals surface area contributed by atoms with E-state index in [-0.39, 0.29) is 12.5 Å². The second-order valence-corrected chi connectivity index (χ2v) is 5.27. The molecule has 0 spiro atoms. The normalized spacial score (nSPS) is 22.2. The Balaban J connectivity index is 1.72. The highest BCUT2D eigenvalue weighted by atomic mass is 16.2. The number of piperidine rings is 1. The fraction of sp³-hybridized carbons (Fsp3) is 0.846. The van der Waals surface area contributed by atoms with E-state index < -0.39 is 0 Å². The molecule has 0 atom stereocenters. The number of carbonyl (C=O) groups excluding carboxylic acids is 1. The molecule has 3 N–H and O–H groups in total. The number of guanidine groups is 1. The quantitative estimate of drug-likeness (QED) is 0.578. The summed E-state index contributed by atoms with van der Waals surface area (Å²) in [5, 5.41) is 3.19. The van der Waals surface area contributed by atoms with Crippen molar-refractivity contribution in [3.8, 4) is 0 Å². The van der Waals surface area contributed by atoms with E-state index >= 15 is 0 Å². The maximum absolute atomic E-state index is 11.9. The van der Waals surface area contributed by atoms with Gasteiger partial charge in [0.1, 0.15) is 6.54 Å². The van der Waals surface area contributed by atoms with Gasteiger partial charge in [0.2, 0.25) is 5.91 Å². The molecule has 102 valence electrons. The Hall–Kier alpha value is -1.26. The highest BCUT2D eigenvalue weighted by molar-refractivity contribution is 5.84.